The molecule has 0 saturated carbocycles. The van der Waals surface area contributed by atoms with E-state index in [2.05, 4.69) is 5.32 Å². The van der Waals surface area contributed by atoms with Crippen molar-refractivity contribution in [3.05, 3.63) is 47.5 Å². The molecule has 2 aromatic rings. The fourth-order valence-electron chi connectivity index (χ4n) is 2.33. The molecular formula is C18H25NO4S. The van der Waals surface area contributed by atoms with Crippen LogP contribution in [0.25, 0.3) is 0 Å². The number of hydrogen-bond acceptors (Lipinski definition) is 5. The van der Waals surface area contributed by atoms with Crippen LogP contribution in [-0.4, -0.2) is 28.4 Å². The molecule has 5 nitrogen and oxygen atoms in total. The third-order valence-electron chi connectivity index (χ3n) is 3.62. The smallest absolute Gasteiger partial charge is 0.127 e. The van der Waals surface area contributed by atoms with Crippen LogP contribution in [0.5, 0.6) is 23.0 Å². The number of methoxy groups -OCH3 is 4. The van der Waals surface area contributed by atoms with E-state index in [1.54, 1.807) is 28.4 Å². The first-order valence-corrected chi connectivity index (χ1v) is 7.34. The van der Waals surface area contributed by atoms with Crippen LogP contribution in [0.2, 0.25) is 0 Å². The molecule has 0 aliphatic rings. The molecule has 0 aromatic heterocycles. The molecule has 0 saturated heterocycles. The van der Waals surface area contributed by atoms with Gasteiger partial charge in [-0.3, -0.25) is 0 Å². The summed E-state index contributed by atoms with van der Waals surface area (Å²) in [7, 11) is 6.60. The highest BCUT2D eigenvalue weighted by Crippen LogP contribution is 2.26. The van der Waals surface area contributed by atoms with Crippen LogP contribution in [0.1, 0.15) is 11.1 Å². The summed E-state index contributed by atoms with van der Waals surface area (Å²) in [5, 5.41) is 3.40. The average molecular weight is 351 g/mol. The quantitative estimate of drug-likeness (QED) is 0.792. The molecule has 0 bridgehead atoms. The van der Waals surface area contributed by atoms with E-state index in [9.17, 15) is 0 Å². The monoisotopic (exact) mass is 351 g/mol. The van der Waals surface area contributed by atoms with Crippen LogP contribution in [0, 0.1) is 0 Å². The fraction of sp³-hybridized carbons (Fsp3) is 0.333. The lowest BCUT2D eigenvalue weighted by Crippen LogP contribution is -2.14. The third-order valence-corrected chi connectivity index (χ3v) is 3.62. The van der Waals surface area contributed by atoms with Crippen molar-refractivity contribution in [2.45, 2.75) is 13.1 Å². The Bertz CT molecular complexity index is 593. The highest BCUT2D eigenvalue weighted by molar-refractivity contribution is 7.59. The van der Waals surface area contributed by atoms with Gasteiger partial charge in [0.25, 0.3) is 0 Å². The van der Waals surface area contributed by atoms with Crippen LogP contribution >= 0.6 is 13.5 Å². The van der Waals surface area contributed by atoms with Gasteiger partial charge in [-0.15, -0.1) is 0 Å². The van der Waals surface area contributed by atoms with Crippen LogP contribution in [0.4, 0.5) is 0 Å². The molecule has 0 amide bonds. The van der Waals surface area contributed by atoms with Crippen LogP contribution in [0.15, 0.2) is 36.4 Å². The number of nitrogens with one attached hydrogen (secondary N) is 1. The predicted molar refractivity (Wildman–Crippen MR) is 100 cm³/mol. The topological polar surface area (TPSA) is 49.0 Å². The Kier molecular flexibility index (Phi) is 8.29. The lowest BCUT2D eigenvalue weighted by Gasteiger charge is -2.13. The fourth-order valence-corrected chi connectivity index (χ4v) is 2.33. The summed E-state index contributed by atoms with van der Waals surface area (Å²) >= 11 is 0. The molecule has 2 rings (SSSR count). The first-order chi connectivity index (χ1) is 11.2. The Balaban J connectivity index is 0.00000288. The zero-order valence-corrected chi connectivity index (χ0v) is 15.5. The number of ether oxygens (including phenoxy) is 4. The highest BCUT2D eigenvalue weighted by Gasteiger charge is 2.07. The number of rotatable bonds is 8. The standard InChI is InChI=1S/C18H23NO4.H2S/c1-20-15-7-5-13(17(9-15)22-3)11-19-12-14-6-8-16(21-2)10-18(14)23-4;/h5-10,19H,11-12H2,1-4H3;1H2. The SMILES string of the molecule is COc1ccc(CNCc2ccc(OC)cc2OC)c(OC)c1.S. The zero-order chi connectivity index (χ0) is 16.7. The summed E-state index contributed by atoms with van der Waals surface area (Å²) in [4.78, 5) is 0. The van der Waals surface area contributed by atoms with E-state index >= 15 is 0 Å². The van der Waals surface area contributed by atoms with E-state index in [4.69, 9.17) is 18.9 Å². The zero-order valence-electron chi connectivity index (χ0n) is 14.5. The Hall–Kier alpha value is -2.05. The van der Waals surface area contributed by atoms with Crippen molar-refractivity contribution < 1.29 is 18.9 Å². The highest BCUT2D eigenvalue weighted by atomic mass is 32.1. The summed E-state index contributed by atoms with van der Waals surface area (Å²) in [6.07, 6.45) is 0. The minimum Gasteiger partial charge on any atom is -0.497 e. The molecule has 0 radical (unpaired) electrons. The first kappa shape index (κ1) is 20.0. The summed E-state index contributed by atoms with van der Waals surface area (Å²) in [5.41, 5.74) is 2.14. The summed E-state index contributed by atoms with van der Waals surface area (Å²) < 4.78 is 21.2. The Morgan fingerprint density at radius 3 is 1.42 bits per heavy atom. The molecule has 1 N–H and O–H groups in total. The van der Waals surface area contributed by atoms with Crippen molar-refractivity contribution >= 4 is 13.5 Å². The van der Waals surface area contributed by atoms with Crippen molar-refractivity contribution in [3.63, 3.8) is 0 Å². The van der Waals surface area contributed by atoms with Crippen molar-refractivity contribution in [2.75, 3.05) is 28.4 Å². The lowest BCUT2D eigenvalue weighted by molar-refractivity contribution is 0.387. The Labute approximate surface area is 150 Å². The van der Waals surface area contributed by atoms with E-state index < -0.39 is 0 Å². The molecular weight excluding hydrogens is 326 g/mol. The van der Waals surface area contributed by atoms with Gasteiger partial charge < -0.3 is 24.3 Å². The molecule has 0 aliphatic carbocycles. The lowest BCUT2D eigenvalue weighted by atomic mass is 10.1. The van der Waals surface area contributed by atoms with Crippen LogP contribution < -0.4 is 24.3 Å². The third kappa shape index (κ3) is 4.97. The van der Waals surface area contributed by atoms with Crippen LogP contribution in [-0.2, 0) is 13.1 Å². The van der Waals surface area contributed by atoms with Gasteiger partial charge in [0, 0.05) is 36.3 Å². The van der Waals surface area contributed by atoms with Crippen molar-refractivity contribution in [2.24, 2.45) is 0 Å². The summed E-state index contributed by atoms with van der Waals surface area (Å²) in [6.45, 7) is 1.37. The number of hydrogen-bond donors (Lipinski definition) is 1. The number of benzene rings is 2. The van der Waals surface area contributed by atoms with Gasteiger partial charge >= 0.3 is 0 Å². The molecule has 6 heteroatoms. The van der Waals surface area contributed by atoms with E-state index in [-0.39, 0.29) is 13.5 Å². The van der Waals surface area contributed by atoms with Gasteiger partial charge in [0.15, 0.2) is 0 Å². The maximum atomic E-state index is 5.40. The van der Waals surface area contributed by atoms with Gasteiger partial charge in [-0.1, -0.05) is 12.1 Å². The molecule has 24 heavy (non-hydrogen) atoms. The van der Waals surface area contributed by atoms with Gasteiger partial charge in [-0.25, -0.2) is 0 Å². The van der Waals surface area contributed by atoms with Crippen LogP contribution in [0.3, 0.4) is 0 Å². The van der Waals surface area contributed by atoms with E-state index in [1.807, 2.05) is 36.4 Å². The first-order valence-electron chi connectivity index (χ1n) is 7.34. The summed E-state index contributed by atoms with van der Waals surface area (Å²) in [6, 6.07) is 11.6. The van der Waals surface area contributed by atoms with Crippen molar-refractivity contribution in [3.8, 4) is 23.0 Å². The second kappa shape index (κ2) is 9.95. The minimum atomic E-state index is 0. The molecule has 0 aliphatic heterocycles. The largest absolute Gasteiger partial charge is 0.497 e. The van der Waals surface area contributed by atoms with Gasteiger partial charge in [0.2, 0.25) is 0 Å². The maximum Gasteiger partial charge on any atom is 0.127 e. The average Bonchev–Trinajstić information content (AvgIpc) is 2.61. The Morgan fingerprint density at radius 1 is 0.667 bits per heavy atom. The minimum absolute atomic E-state index is 0. The molecule has 0 spiro atoms. The Morgan fingerprint density at radius 2 is 1.08 bits per heavy atom. The van der Waals surface area contributed by atoms with Gasteiger partial charge in [0.1, 0.15) is 23.0 Å². The molecule has 0 unspecified atom stereocenters. The van der Waals surface area contributed by atoms with E-state index in [0.717, 1.165) is 34.1 Å². The normalized spacial score (nSPS) is 9.83. The van der Waals surface area contributed by atoms with Gasteiger partial charge in [-0.05, 0) is 12.1 Å². The van der Waals surface area contributed by atoms with Gasteiger partial charge in [-0.2, -0.15) is 13.5 Å². The second-order valence-corrected chi connectivity index (χ2v) is 4.96. The van der Waals surface area contributed by atoms with Gasteiger partial charge in [0.05, 0.1) is 28.4 Å². The molecule has 0 atom stereocenters. The van der Waals surface area contributed by atoms with Crippen molar-refractivity contribution in [1.82, 2.24) is 5.32 Å². The molecule has 2 aromatic carbocycles. The van der Waals surface area contributed by atoms with E-state index in [1.165, 1.54) is 0 Å². The maximum absolute atomic E-state index is 5.40. The van der Waals surface area contributed by atoms with E-state index in [0.29, 0.717) is 13.1 Å². The van der Waals surface area contributed by atoms with Crippen molar-refractivity contribution in [1.29, 1.82) is 0 Å². The molecule has 0 fully saturated rings. The second-order valence-electron chi connectivity index (χ2n) is 4.96. The molecule has 132 valence electrons. The molecule has 0 heterocycles. The predicted octanol–water partition coefficient (Wildman–Crippen LogP) is 3.12. The summed E-state index contributed by atoms with van der Waals surface area (Å²) in [5.74, 6) is 3.17.